The van der Waals surface area contributed by atoms with Crippen LogP contribution in [-0.2, 0) is 16.3 Å². The van der Waals surface area contributed by atoms with Crippen molar-refractivity contribution in [1.82, 2.24) is 0 Å². The predicted molar refractivity (Wildman–Crippen MR) is 61.3 cm³/mol. The highest BCUT2D eigenvalue weighted by molar-refractivity contribution is 7.86. The summed E-state index contributed by atoms with van der Waals surface area (Å²) in [5, 5.41) is -0.421. The van der Waals surface area contributed by atoms with E-state index in [1.54, 1.807) is 0 Å². The fraction of sp³-hybridized carbons (Fsp3) is 0.0909. The minimum Gasteiger partial charge on any atom is -0.282 e. The van der Waals surface area contributed by atoms with Crippen molar-refractivity contribution >= 4 is 20.9 Å². The first-order chi connectivity index (χ1) is 8.21. The van der Waals surface area contributed by atoms with Crippen molar-refractivity contribution in [1.29, 1.82) is 0 Å². The van der Waals surface area contributed by atoms with E-state index in [9.17, 15) is 21.6 Å². The molecule has 2 rings (SSSR count). The zero-order chi connectivity index (χ0) is 13.6. The number of fused-ring (bicyclic) bond motifs is 1. The van der Waals surface area contributed by atoms with E-state index in [-0.39, 0.29) is 10.1 Å². The minimum atomic E-state index is -4.71. The largest absolute Gasteiger partial charge is 0.417 e. The lowest BCUT2D eigenvalue weighted by Gasteiger charge is -2.12. The van der Waals surface area contributed by atoms with E-state index in [0.717, 1.165) is 12.1 Å². The lowest BCUT2D eigenvalue weighted by Crippen LogP contribution is -2.08. The van der Waals surface area contributed by atoms with Gasteiger partial charge in [-0.25, -0.2) is 0 Å². The number of hydrogen-bond donors (Lipinski definition) is 1. The molecule has 3 nitrogen and oxygen atoms in total. The summed E-state index contributed by atoms with van der Waals surface area (Å²) < 4.78 is 69.6. The van der Waals surface area contributed by atoms with Crippen LogP contribution >= 0.6 is 0 Å². The third-order valence-corrected chi connectivity index (χ3v) is 3.35. The number of benzene rings is 2. The standard InChI is InChI=1S/C11H7F3O3S.FH/c12-11(13,14)8-5-1-3-7-4-2-6-9(10(7)8)18(15,16)17;/h1-6H,(H,15,16,17);1H. The van der Waals surface area contributed by atoms with Gasteiger partial charge in [0.15, 0.2) is 0 Å². The van der Waals surface area contributed by atoms with E-state index in [1.165, 1.54) is 24.3 Å². The van der Waals surface area contributed by atoms with E-state index >= 15 is 0 Å². The molecule has 0 unspecified atom stereocenters. The SMILES string of the molecule is F.O=S(=O)(O)c1cccc2cccc(C(F)(F)F)c12. The Kier molecular flexibility index (Phi) is 3.87. The third-order valence-electron chi connectivity index (χ3n) is 2.45. The molecule has 0 saturated heterocycles. The second-order valence-electron chi connectivity index (χ2n) is 3.63. The summed E-state index contributed by atoms with van der Waals surface area (Å²) in [6, 6.07) is 6.85. The zero-order valence-corrected chi connectivity index (χ0v) is 9.99. The first-order valence-electron chi connectivity index (χ1n) is 4.78. The molecule has 8 heteroatoms. The Bertz CT molecular complexity index is 702. The van der Waals surface area contributed by atoms with E-state index < -0.39 is 32.1 Å². The molecule has 0 heterocycles. The molecule has 0 atom stereocenters. The molecule has 0 amide bonds. The first kappa shape index (κ1) is 15.4. The summed E-state index contributed by atoms with van der Waals surface area (Å²) in [4.78, 5) is -0.743. The fourth-order valence-electron chi connectivity index (χ4n) is 1.76. The van der Waals surface area contributed by atoms with Crippen LogP contribution in [0.1, 0.15) is 5.56 Å². The van der Waals surface area contributed by atoms with Crippen LogP contribution in [0.15, 0.2) is 41.3 Å². The molecule has 0 aromatic heterocycles. The van der Waals surface area contributed by atoms with E-state index in [1.807, 2.05) is 0 Å². The molecule has 0 bridgehead atoms. The first-order valence-corrected chi connectivity index (χ1v) is 6.22. The lowest BCUT2D eigenvalue weighted by molar-refractivity contribution is -0.136. The highest BCUT2D eigenvalue weighted by atomic mass is 32.2. The zero-order valence-electron chi connectivity index (χ0n) is 9.18. The molecule has 2 aromatic rings. The highest BCUT2D eigenvalue weighted by Crippen LogP contribution is 2.37. The van der Waals surface area contributed by atoms with Crippen molar-refractivity contribution < 1.29 is 30.8 Å². The van der Waals surface area contributed by atoms with Gasteiger partial charge in [0.05, 0.1) is 5.56 Å². The van der Waals surface area contributed by atoms with Gasteiger partial charge in [-0.3, -0.25) is 9.26 Å². The Morgan fingerprint density at radius 3 is 2.00 bits per heavy atom. The molecule has 0 aliphatic heterocycles. The van der Waals surface area contributed by atoms with Crippen molar-refractivity contribution in [2.75, 3.05) is 0 Å². The number of rotatable bonds is 1. The van der Waals surface area contributed by atoms with Crippen molar-refractivity contribution in [3.63, 3.8) is 0 Å². The maximum Gasteiger partial charge on any atom is 0.417 e. The van der Waals surface area contributed by atoms with Crippen molar-refractivity contribution in [2.24, 2.45) is 0 Å². The number of halogens is 4. The second-order valence-corrected chi connectivity index (χ2v) is 5.02. The Labute approximate surface area is 105 Å². The summed E-state index contributed by atoms with van der Waals surface area (Å²) in [5.41, 5.74) is -1.09. The van der Waals surface area contributed by atoms with Gasteiger partial charge in [-0.1, -0.05) is 24.3 Å². The maximum atomic E-state index is 12.8. The van der Waals surface area contributed by atoms with Gasteiger partial charge in [0, 0.05) is 5.39 Å². The van der Waals surface area contributed by atoms with Crippen LogP contribution < -0.4 is 0 Å². The monoisotopic (exact) mass is 296 g/mol. The van der Waals surface area contributed by atoms with Gasteiger partial charge in [-0.05, 0) is 17.5 Å². The normalized spacial score (nSPS) is 12.2. The Hall–Kier alpha value is -1.67. The summed E-state index contributed by atoms with van der Waals surface area (Å²) in [7, 11) is -4.71. The summed E-state index contributed by atoms with van der Waals surface area (Å²) in [5.74, 6) is 0. The Morgan fingerprint density at radius 1 is 1.00 bits per heavy atom. The van der Waals surface area contributed by atoms with Gasteiger partial charge in [0.25, 0.3) is 10.1 Å². The average Bonchev–Trinajstić information content (AvgIpc) is 2.24. The third kappa shape index (κ3) is 2.85. The van der Waals surface area contributed by atoms with E-state index in [2.05, 4.69) is 0 Å². The molecular formula is C11H8F4O3S. The molecule has 0 aliphatic rings. The van der Waals surface area contributed by atoms with Crippen molar-refractivity contribution in [3.05, 3.63) is 42.0 Å². The summed E-state index contributed by atoms with van der Waals surface area (Å²) >= 11 is 0. The van der Waals surface area contributed by atoms with Gasteiger partial charge < -0.3 is 0 Å². The predicted octanol–water partition coefficient (Wildman–Crippen LogP) is 3.26. The van der Waals surface area contributed by atoms with Crippen LogP contribution in [0.3, 0.4) is 0 Å². The molecule has 0 saturated carbocycles. The molecule has 0 aliphatic carbocycles. The Balaban J connectivity index is 0.00000180. The smallest absolute Gasteiger partial charge is 0.282 e. The average molecular weight is 296 g/mol. The topological polar surface area (TPSA) is 54.4 Å². The van der Waals surface area contributed by atoms with Crippen LogP contribution in [0.5, 0.6) is 0 Å². The molecule has 2 aromatic carbocycles. The molecule has 104 valence electrons. The second kappa shape index (κ2) is 4.78. The molecule has 19 heavy (non-hydrogen) atoms. The molecule has 0 fully saturated rings. The van der Waals surface area contributed by atoms with Gasteiger partial charge in [-0.2, -0.15) is 21.6 Å². The van der Waals surface area contributed by atoms with Crippen LogP contribution in [0.4, 0.5) is 17.9 Å². The van der Waals surface area contributed by atoms with Crippen molar-refractivity contribution in [2.45, 2.75) is 11.1 Å². The van der Waals surface area contributed by atoms with Crippen LogP contribution in [0, 0.1) is 0 Å². The maximum absolute atomic E-state index is 12.8. The van der Waals surface area contributed by atoms with Gasteiger partial charge >= 0.3 is 6.18 Å². The highest BCUT2D eigenvalue weighted by Gasteiger charge is 2.34. The Morgan fingerprint density at radius 2 is 1.53 bits per heavy atom. The molecular weight excluding hydrogens is 288 g/mol. The quantitative estimate of drug-likeness (QED) is 0.649. The van der Waals surface area contributed by atoms with Crippen LogP contribution in [0.2, 0.25) is 0 Å². The summed E-state index contributed by atoms with van der Waals surface area (Å²) in [6.07, 6.45) is -4.69. The van der Waals surface area contributed by atoms with E-state index in [4.69, 9.17) is 4.55 Å². The molecule has 0 radical (unpaired) electrons. The fourth-order valence-corrected chi connectivity index (χ4v) is 2.49. The number of hydrogen-bond acceptors (Lipinski definition) is 2. The van der Waals surface area contributed by atoms with Gasteiger partial charge in [0.2, 0.25) is 0 Å². The minimum absolute atomic E-state index is 0. The summed E-state index contributed by atoms with van der Waals surface area (Å²) in [6.45, 7) is 0. The lowest BCUT2D eigenvalue weighted by atomic mass is 10.0. The van der Waals surface area contributed by atoms with Gasteiger partial charge in [-0.15, -0.1) is 0 Å². The van der Waals surface area contributed by atoms with E-state index in [0.29, 0.717) is 0 Å². The number of alkyl halides is 3. The van der Waals surface area contributed by atoms with Gasteiger partial charge in [0.1, 0.15) is 4.90 Å². The molecule has 1 N–H and O–H groups in total. The van der Waals surface area contributed by atoms with Crippen LogP contribution in [0.25, 0.3) is 10.8 Å². The molecule has 0 spiro atoms. The van der Waals surface area contributed by atoms with Crippen molar-refractivity contribution in [3.8, 4) is 0 Å². The van der Waals surface area contributed by atoms with Crippen LogP contribution in [-0.4, -0.2) is 13.0 Å².